The summed E-state index contributed by atoms with van der Waals surface area (Å²) >= 11 is 0. The van der Waals surface area contributed by atoms with E-state index in [1.54, 1.807) is 17.2 Å². The summed E-state index contributed by atoms with van der Waals surface area (Å²) in [6.07, 6.45) is 3.47. The Bertz CT molecular complexity index is 97.5. The smallest absolute Gasteiger partial charge is 0.0671 e. The van der Waals surface area contributed by atoms with Gasteiger partial charge in [-0.05, 0) is 0 Å². The highest BCUT2D eigenvalue weighted by atomic mass is 15.4. The van der Waals surface area contributed by atoms with Crippen LogP contribution in [0.2, 0.25) is 0 Å². The SMILES string of the molecule is [CH]=NN(CC=C)CC=C. The van der Waals surface area contributed by atoms with Gasteiger partial charge in [-0.3, -0.25) is 5.01 Å². The first-order valence-corrected chi connectivity index (χ1v) is 2.72. The van der Waals surface area contributed by atoms with E-state index in [0.717, 1.165) is 0 Å². The average molecular weight is 123 g/mol. The predicted molar refractivity (Wildman–Crippen MR) is 40.5 cm³/mol. The number of hydrogen-bond acceptors (Lipinski definition) is 2. The van der Waals surface area contributed by atoms with E-state index in [1.165, 1.54) is 0 Å². The lowest BCUT2D eigenvalue weighted by Gasteiger charge is -2.11. The standard InChI is InChI=1S/C7H11N2/c1-4-6-9(8-3)7-5-2/h3-5H,1-2,6-7H2. The van der Waals surface area contributed by atoms with Crippen molar-refractivity contribution in [3.63, 3.8) is 0 Å². The molecule has 0 aliphatic heterocycles. The molecule has 0 atom stereocenters. The van der Waals surface area contributed by atoms with Gasteiger partial charge in [0, 0.05) is 0 Å². The molecule has 0 aliphatic rings. The van der Waals surface area contributed by atoms with Gasteiger partial charge in [0.25, 0.3) is 0 Å². The van der Waals surface area contributed by atoms with E-state index in [9.17, 15) is 0 Å². The van der Waals surface area contributed by atoms with E-state index in [2.05, 4.69) is 18.3 Å². The first-order valence-electron chi connectivity index (χ1n) is 2.72. The maximum absolute atomic E-state index is 5.00. The monoisotopic (exact) mass is 123 g/mol. The van der Waals surface area contributed by atoms with Crippen LogP contribution in [0.3, 0.4) is 0 Å². The molecule has 0 saturated carbocycles. The minimum Gasteiger partial charge on any atom is -0.289 e. The van der Waals surface area contributed by atoms with E-state index >= 15 is 0 Å². The van der Waals surface area contributed by atoms with Crippen molar-refractivity contribution in [1.82, 2.24) is 5.01 Å². The maximum atomic E-state index is 5.00. The van der Waals surface area contributed by atoms with Crippen LogP contribution in [0.5, 0.6) is 0 Å². The fourth-order valence-corrected chi connectivity index (χ4v) is 0.467. The highest BCUT2D eigenvalue weighted by Crippen LogP contribution is 1.86. The third-order valence-electron chi connectivity index (χ3n) is 0.843. The Hall–Kier alpha value is -1.05. The molecule has 49 valence electrons. The molecule has 0 N–H and O–H groups in total. The van der Waals surface area contributed by atoms with Crippen LogP contribution in [0.25, 0.3) is 0 Å². The minimum absolute atomic E-state index is 0.669. The van der Waals surface area contributed by atoms with Crippen molar-refractivity contribution >= 4 is 6.72 Å². The lowest BCUT2D eigenvalue weighted by molar-refractivity contribution is 0.360. The van der Waals surface area contributed by atoms with Crippen LogP contribution in [-0.2, 0) is 0 Å². The lowest BCUT2D eigenvalue weighted by atomic mass is 10.5. The Labute approximate surface area is 56.2 Å². The van der Waals surface area contributed by atoms with Crippen molar-refractivity contribution in [2.75, 3.05) is 13.1 Å². The fourth-order valence-electron chi connectivity index (χ4n) is 0.467. The molecule has 0 aromatic carbocycles. The molecule has 0 saturated heterocycles. The van der Waals surface area contributed by atoms with Gasteiger partial charge in [0.1, 0.15) is 0 Å². The van der Waals surface area contributed by atoms with E-state index in [0.29, 0.717) is 13.1 Å². The van der Waals surface area contributed by atoms with Crippen LogP contribution >= 0.6 is 0 Å². The summed E-state index contributed by atoms with van der Waals surface area (Å²) in [7, 11) is 0. The average Bonchev–Trinajstić information content (AvgIpc) is 1.88. The van der Waals surface area contributed by atoms with Crippen molar-refractivity contribution in [1.29, 1.82) is 0 Å². The summed E-state index contributed by atoms with van der Waals surface area (Å²) in [5, 5.41) is 5.11. The first-order chi connectivity index (χ1) is 4.35. The predicted octanol–water partition coefficient (Wildman–Crippen LogP) is 1.15. The topological polar surface area (TPSA) is 15.6 Å². The zero-order valence-corrected chi connectivity index (χ0v) is 5.45. The van der Waals surface area contributed by atoms with Crippen LogP contribution < -0.4 is 0 Å². The van der Waals surface area contributed by atoms with Gasteiger partial charge in [-0.2, -0.15) is 5.10 Å². The fraction of sp³-hybridized carbons (Fsp3) is 0.286. The van der Waals surface area contributed by atoms with Crippen molar-refractivity contribution in [3.8, 4) is 0 Å². The number of hydrazone groups is 1. The third kappa shape index (κ3) is 3.53. The zero-order valence-electron chi connectivity index (χ0n) is 5.45. The Balaban J connectivity index is 3.51. The van der Waals surface area contributed by atoms with E-state index < -0.39 is 0 Å². The molecular formula is C7H11N2. The van der Waals surface area contributed by atoms with Crippen LogP contribution in [0.4, 0.5) is 0 Å². The molecule has 0 rings (SSSR count). The van der Waals surface area contributed by atoms with Gasteiger partial charge < -0.3 is 0 Å². The van der Waals surface area contributed by atoms with Crippen molar-refractivity contribution in [2.24, 2.45) is 5.10 Å². The van der Waals surface area contributed by atoms with Gasteiger partial charge in [-0.15, -0.1) is 13.2 Å². The Morgan fingerprint density at radius 3 is 2.00 bits per heavy atom. The summed E-state index contributed by atoms with van der Waals surface area (Å²) in [6.45, 7) is 13.4. The van der Waals surface area contributed by atoms with Gasteiger partial charge in [0.2, 0.25) is 0 Å². The highest BCUT2D eigenvalue weighted by molar-refractivity contribution is 5.22. The lowest BCUT2D eigenvalue weighted by Crippen LogP contribution is -2.16. The summed E-state index contributed by atoms with van der Waals surface area (Å²) < 4.78 is 0. The molecule has 0 unspecified atom stereocenters. The normalized spacial score (nSPS) is 8.00. The Morgan fingerprint density at radius 2 is 1.78 bits per heavy atom. The van der Waals surface area contributed by atoms with E-state index in [1.807, 2.05) is 0 Å². The molecule has 0 heterocycles. The third-order valence-corrected chi connectivity index (χ3v) is 0.843. The number of hydrogen-bond donors (Lipinski definition) is 0. The second-order valence-electron chi connectivity index (χ2n) is 1.56. The molecule has 0 amide bonds. The van der Waals surface area contributed by atoms with Crippen molar-refractivity contribution in [3.05, 3.63) is 25.3 Å². The summed E-state index contributed by atoms with van der Waals surface area (Å²) in [4.78, 5) is 0. The molecule has 2 nitrogen and oxygen atoms in total. The number of nitrogens with zero attached hydrogens (tertiary/aromatic N) is 2. The van der Waals surface area contributed by atoms with Crippen LogP contribution in [0.1, 0.15) is 0 Å². The molecule has 2 heteroatoms. The van der Waals surface area contributed by atoms with Crippen LogP contribution in [0, 0.1) is 0 Å². The van der Waals surface area contributed by atoms with E-state index in [-0.39, 0.29) is 0 Å². The Morgan fingerprint density at radius 1 is 1.33 bits per heavy atom. The molecule has 0 aromatic rings. The van der Waals surface area contributed by atoms with Crippen LogP contribution in [-0.4, -0.2) is 24.8 Å². The van der Waals surface area contributed by atoms with Crippen LogP contribution in [0.15, 0.2) is 30.4 Å². The minimum atomic E-state index is 0.669. The quantitative estimate of drug-likeness (QED) is 0.304. The molecule has 9 heavy (non-hydrogen) atoms. The maximum Gasteiger partial charge on any atom is 0.0671 e. The molecule has 0 spiro atoms. The molecule has 0 aliphatic carbocycles. The van der Waals surface area contributed by atoms with Gasteiger partial charge in [0.15, 0.2) is 0 Å². The second kappa shape index (κ2) is 5.09. The first kappa shape index (κ1) is 7.95. The summed E-state index contributed by atoms with van der Waals surface area (Å²) in [5.74, 6) is 0. The highest BCUT2D eigenvalue weighted by Gasteiger charge is 1.89. The molecule has 0 fully saturated rings. The van der Waals surface area contributed by atoms with Gasteiger partial charge in [-0.25, -0.2) is 0 Å². The number of rotatable bonds is 5. The van der Waals surface area contributed by atoms with Crippen molar-refractivity contribution in [2.45, 2.75) is 0 Å². The summed E-state index contributed by atoms with van der Waals surface area (Å²) in [6, 6.07) is 0. The Kier molecular flexibility index (Phi) is 4.50. The van der Waals surface area contributed by atoms with Gasteiger partial charge in [0.05, 0.1) is 19.8 Å². The zero-order chi connectivity index (χ0) is 7.11. The van der Waals surface area contributed by atoms with E-state index in [4.69, 9.17) is 6.72 Å². The molecule has 0 aromatic heterocycles. The molecule has 1 radical (unpaired) electrons. The van der Waals surface area contributed by atoms with Crippen molar-refractivity contribution < 1.29 is 0 Å². The largest absolute Gasteiger partial charge is 0.289 e. The van der Waals surface area contributed by atoms with Gasteiger partial charge >= 0.3 is 0 Å². The molecular weight excluding hydrogens is 112 g/mol. The summed E-state index contributed by atoms with van der Waals surface area (Å²) in [5.41, 5.74) is 0. The second-order valence-corrected chi connectivity index (χ2v) is 1.56. The van der Waals surface area contributed by atoms with Gasteiger partial charge in [-0.1, -0.05) is 12.2 Å². The molecule has 0 bridgehead atoms.